The van der Waals surface area contributed by atoms with E-state index >= 15 is 0 Å². The highest BCUT2D eigenvalue weighted by molar-refractivity contribution is 7.99. The SMILES string of the molecule is Nc1c(Cl)ncnc1Sc1nnc(C2CC2)n1C1CC1. The summed E-state index contributed by atoms with van der Waals surface area (Å²) in [6.45, 7) is 0. The van der Waals surface area contributed by atoms with Crippen LogP contribution >= 0.6 is 23.4 Å². The third kappa shape index (κ3) is 2.14. The summed E-state index contributed by atoms with van der Waals surface area (Å²) >= 11 is 7.35. The second kappa shape index (κ2) is 4.60. The number of nitrogen functional groups attached to an aromatic ring is 1. The highest BCUT2D eigenvalue weighted by Gasteiger charge is 2.36. The molecule has 2 aliphatic rings. The van der Waals surface area contributed by atoms with E-state index < -0.39 is 0 Å². The summed E-state index contributed by atoms with van der Waals surface area (Å²) in [6, 6.07) is 0.543. The molecule has 2 saturated carbocycles. The first-order valence-corrected chi connectivity index (χ1v) is 7.82. The predicted molar refractivity (Wildman–Crippen MR) is 75.8 cm³/mol. The van der Waals surface area contributed by atoms with Gasteiger partial charge in [0.25, 0.3) is 0 Å². The van der Waals surface area contributed by atoms with Crippen molar-refractivity contribution in [1.82, 2.24) is 24.7 Å². The molecule has 104 valence electrons. The van der Waals surface area contributed by atoms with Crippen LogP contribution in [0, 0.1) is 0 Å². The number of nitrogens with two attached hydrogens (primary N) is 1. The molecule has 0 amide bonds. The van der Waals surface area contributed by atoms with Gasteiger partial charge >= 0.3 is 0 Å². The third-order valence-corrected chi connectivity index (χ3v) is 4.81. The maximum Gasteiger partial charge on any atom is 0.197 e. The van der Waals surface area contributed by atoms with Crippen molar-refractivity contribution in [3.8, 4) is 0 Å². The lowest BCUT2D eigenvalue weighted by atomic mass is 10.4. The van der Waals surface area contributed by atoms with Gasteiger partial charge in [-0.15, -0.1) is 10.2 Å². The minimum Gasteiger partial charge on any atom is -0.394 e. The molecule has 2 fully saturated rings. The molecule has 2 aromatic rings. The van der Waals surface area contributed by atoms with Crippen LogP contribution in [0.3, 0.4) is 0 Å². The Bertz CT molecular complexity index is 664. The summed E-state index contributed by atoms with van der Waals surface area (Å²) in [5.74, 6) is 1.71. The molecule has 0 unspecified atom stereocenters. The molecule has 20 heavy (non-hydrogen) atoms. The molecular formula is C12H13ClN6S. The van der Waals surface area contributed by atoms with E-state index in [1.165, 1.54) is 43.8 Å². The fourth-order valence-electron chi connectivity index (χ4n) is 2.18. The number of rotatable bonds is 4. The van der Waals surface area contributed by atoms with Crippen molar-refractivity contribution in [2.24, 2.45) is 0 Å². The van der Waals surface area contributed by atoms with Crippen molar-refractivity contribution in [2.45, 2.75) is 47.8 Å². The minimum atomic E-state index is 0.280. The summed E-state index contributed by atoms with van der Waals surface area (Å²) < 4.78 is 2.26. The molecule has 2 aliphatic carbocycles. The van der Waals surface area contributed by atoms with Crippen molar-refractivity contribution in [3.63, 3.8) is 0 Å². The number of halogens is 1. The van der Waals surface area contributed by atoms with Crippen LogP contribution in [0.25, 0.3) is 0 Å². The quantitative estimate of drug-likeness (QED) is 0.874. The van der Waals surface area contributed by atoms with Gasteiger partial charge in [0.15, 0.2) is 10.3 Å². The normalized spacial score (nSPS) is 18.4. The maximum absolute atomic E-state index is 5.93. The van der Waals surface area contributed by atoms with Gasteiger partial charge in [-0.05, 0) is 37.4 Å². The Kier molecular flexibility index (Phi) is 2.85. The Labute approximate surface area is 125 Å². The average Bonchev–Trinajstić information content (AvgIpc) is 3.34. The fourth-order valence-corrected chi connectivity index (χ4v) is 3.27. The predicted octanol–water partition coefficient (Wildman–Crippen LogP) is 2.67. The van der Waals surface area contributed by atoms with Crippen molar-refractivity contribution >= 4 is 29.1 Å². The summed E-state index contributed by atoms with van der Waals surface area (Å²) in [5.41, 5.74) is 6.32. The molecule has 2 aromatic heterocycles. The first-order valence-electron chi connectivity index (χ1n) is 6.62. The van der Waals surface area contributed by atoms with Gasteiger partial charge in [-0.3, -0.25) is 0 Å². The Morgan fingerprint density at radius 2 is 2.00 bits per heavy atom. The molecule has 8 heteroatoms. The van der Waals surface area contributed by atoms with E-state index in [0.717, 1.165) is 11.0 Å². The van der Waals surface area contributed by atoms with Gasteiger partial charge in [-0.25, -0.2) is 9.97 Å². The van der Waals surface area contributed by atoms with Crippen LogP contribution in [0.1, 0.15) is 43.5 Å². The summed E-state index contributed by atoms with van der Waals surface area (Å²) in [4.78, 5) is 8.05. The van der Waals surface area contributed by atoms with Gasteiger partial charge < -0.3 is 10.3 Å². The molecule has 0 bridgehead atoms. The Morgan fingerprint density at radius 3 is 2.70 bits per heavy atom. The van der Waals surface area contributed by atoms with Gasteiger partial charge in [0.2, 0.25) is 0 Å². The smallest absolute Gasteiger partial charge is 0.197 e. The highest BCUT2D eigenvalue weighted by Crippen LogP contribution is 2.47. The van der Waals surface area contributed by atoms with Crippen LogP contribution in [0.15, 0.2) is 16.5 Å². The van der Waals surface area contributed by atoms with Gasteiger partial charge in [0.05, 0.1) is 0 Å². The summed E-state index contributed by atoms with van der Waals surface area (Å²) in [7, 11) is 0. The molecule has 0 radical (unpaired) electrons. The molecule has 0 atom stereocenters. The van der Waals surface area contributed by atoms with Crippen LogP contribution in [-0.2, 0) is 0 Å². The van der Waals surface area contributed by atoms with Crippen LogP contribution in [0.2, 0.25) is 5.15 Å². The first-order chi connectivity index (χ1) is 9.74. The van der Waals surface area contributed by atoms with Crippen LogP contribution < -0.4 is 5.73 Å². The summed E-state index contributed by atoms with van der Waals surface area (Å²) in [6.07, 6.45) is 6.26. The molecule has 6 nitrogen and oxygen atoms in total. The number of nitrogens with zero attached hydrogens (tertiary/aromatic N) is 5. The maximum atomic E-state index is 5.93. The van der Waals surface area contributed by atoms with E-state index in [1.54, 1.807) is 0 Å². The first kappa shape index (κ1) is 12.4. The number of aromatic nitrogens is 5. The molecular weight excluding hydrogens is 296 g/mol. The Morgan fingerprint density at radius 1 is 1.20 bits per heavy atom. The molecule has 0 spiro atoms. The molecule has 2 heterocycles. The lowest BCUT2D eigenvalue weighted by Gasteiger charge is -2.08. The van der Waals surface area contributed by atoms with E-state index in [1.807, 2.05) is 0 Å². The van der Waals surface area contributed by atoms with Crippen molar-refractivity contribution in [1.29, 1.82) is 0 Å². The van der Waals surface area contributed by atoms with Crippen LogP contribution in [0.5, 0.6) is 0 Å². The zero-order valence-electron chi connectivity index (χ0n) is 10.7. The third-order valence-electron chi connectivity index (χ3n) is 3.53. The van der Waals surface area contributed by atoms with Gasteiger partial charge in [-0.1, -0.05) is 11.6 Å². The number of hydrogen-bond donors (Lipinski definition) is 1. The van der Waals surface area contributed by atoms with Gasteiger partial charge in [0, 0.05) is 12.0 Å². The zero-order chi connectivity index (χ0) is 13.7. The lowest BCUT2D eigenvalue weighted by Crippen LogP contribution is -2.02. The monoisotopic (exact) mass is 308 g/mol. The summed E-state index contributed by atoms with van der Waals surface area (Å²) in [5, 5.41) is 10.5. The topological polar surface area (TPSA) is 82.5 Å². The molecule has 0 aliphatic heterocycles. The van der Waals surface area contributed by atoms with Crippen LogP contribution in [-0.4, -0.2) is 24.7 Å². The van der Waals surface area contributed by atoms with E-state index in [9.17, 15) is 0 Å². The van der Waals surface area contributed by atoms with Crippen molar-refractivity contribution in [2.75, 3.05) is 5.73 Å². The average molecular weight is 309 g/mol. The van der Waals surface area contributed by atoms with Gasteiger partial charge in [0.1, 0.15) is 22.9 Å². The molecule has 0 saturated heterocycles. The van der Waals surface area contributed by atoms with E-state index in [2.05, 4.69) is 24.7 Å². The second-order valence-electron chi connectivity index (χ2n) is 5.20. The largest absolute Gasteiger partial charge is 0.394 e. The number of anilines is 1. The second-order valence-corrected chi connectivity index (χ2v) is 6.52. The van der Waals surface area contributed by atoms with E-state index in [4.69, 9.17) is 17.3 Å². The van der Waals surface area contributed by atoms with E-state index in [-0.39, 0.29) is 5.15 Å². The molecule has 4 rings (SSSR count). The fraction of sp³-hybridized carbons (Fsp3) is 0.500. The van der Waals surface area contributed by atoms with E-state index in [0.29, 0.717) is 22.7 Å². The van der Waals surface area contributed by atoms with Crippen LogP contribution in [0.4, 0.5) is 5.69 Å². The zero-order valence-corrected chi connectivity index (χ0v) is 12.2. The number of hydrogen-bond acceptors (Lipinski definition) is 6. The molecule has 2 N–H and O–H groups in total. The minimum absolute atomic E-state index is 0.280. The van der Waals surface area contributed by atoms with Crippen molar-refractivity contribution < 1.29 is 0 Å². The van der Waals surface area contributed by atoms with Gasteiger partial charge in [-0.2, -0.15) is 0 Å². The van der Waals surface area contributed by atoms with Crippen molar-refractivity contribution in [3.05, 3.63) is 17.3 Å². The Balaban J connectivity index is 1.70. The molecule has 0 aromatic carbocycles. The standard InChI is InChI=1S/C12H13ClN6S/c13-9-8(14)11(16-5-15-9)20-12-18-17-10(6-1-2-6)19(12)7-3-4-7/h5-7H,1-4,14H2. The highest BCUT2D eigenvalue weighted by atomic mass is 35.5. The Hall–Kier alpha value is -1.34. The lowest BCUT2D eigenvalue weighted by molar-refractivity contribution is 0.626.